The van der Waals surface area contributed by atoms with Crippen LogP contribution in [0.1, 0.15) is 38.2 Å². The highest BCUT2D eigenvalue weighted by molar-refractivity contribution is 7.91. The first kappa shape index (κ1) is 16.2. The van der Waals surface area contributed by atoms with Crippen LogP contribution in [0.3, 0.4) is 0 Å². The van der Waals surface area contributed by atoms with E-state index < -0.39 is 9.84 Å². The Hall–Kier alpha value is -0.870. The van der Waals surface area contributed by atoms with Gasteiger partial charge in [0.2, 0.25) is 0 Å². The summed E-state index contributed by atoms with van der Waals surface area (Å²) in [5.74, 6) is 0.506. The Labute approximate surface area is 117 Å². The van der Waals surface area contributed by atoms with Crippen molar-refractivity contribution >= 4 is 9.84 Å². The highest BCUT2D eigenvalue weighted by Gasteiger charge is 2.09. The summed E-state index contributed by atoms with van der Waals surface area (Å²) < 4.78 is 22.7. The minimum Gasteiger partial charge on any atom is -0.328 e. The van der Waals surface area contributed by atoms with Crippen LogP contribution in [0.15, 0.2) is 30.3 Å². The van der Waals surface area contributed by atoms with Gasteiger partial charge in [0, 0.05) is 11.8 Å². The molecule has 0 bridgehead atoms. The highest BCUT2D eigenvalue weighted by Crippen LogP contribution is 2.09. The molecular formula is C15H25NO2S. The van der Waals surface area contributed by atoms with Crippen LogP contribution in [0.2, 0.25) is 0 Å². The van der Waals surface area contributed by atoms with Gasteiger partial charge in [-0.05, 0) is 37.7 Å². The number of benzene rings is 1. The first-order valence-electron chi connectivity index (χ1n) is 7.03. The van der Waals surface area contributed by atoms with Gasteiger partial charge in [0.25, 0.3) is 0 Å². The molecule has 0 saturated carbocycles. The standard InChI is InChI=1S/C15H25NO2S/c1-2-19(17,18)13-7-12-15(16)11-6-10-14-8-4-3-5-9-14/h3-5,8-9,15H,2,6-7,10-13,16H2,1H3. The van der Waals surface area contributed by atoms with Gasteiger partial charge >= 0.3 is 0 Å². The molecule has 1 unspecified atom stereocenters. The molecule has 1 aromatic rings. The monoisotopic (exact) mass is 283 g/mol. The van der Waals surface area contributed by atoms with E-state index in [2.05, 4.69) is 12.1 Å². The van der Waals surface area contributed by atoms with E-state index in [-0.39, 0.29) is 17.5 Å². The van der Waals surface area contributed by atoms with Crippen LogP contribution >= 0.6 is 0 Å². The van der Waals surface area contributed by atoms with Crippen LogP contribution < -0.4 is 5.73 Å². The lowest BCUT2D eigenvalue weighted by Gasteiger charge is -2.11. The van der Waals surface area contributed by atoms with Crippen molar-refractivity contribution in [2.24, 2.45) is 5.73 Å². The SMILES string of the molecule is CCS(=O)(=O)CCCC(N)CCCc1ccccc1. The van der Waals surface area contributed by atoms with Gasteiger partial charge in [-0.1, -0.05) is 37.3 Å². The maximum Gasteiger partial charge on any atom is 0.150 e. The van der Waals surface area contributed by atoms with Gasteiger partial charge in [-0.3, -0.25) is 0 Å². The molecule has 0 radical (unpaired) electrons. The number of nitrogens with two attached hydrogens (primary N) is 1. The lowest BCUT2D eigenvalue weighted by molar-refractivity contribution is 0.534. The zero-order valence-electron chi connectivity index (χ0n) is 11.7. The molecule has 0 saturated heterocycles. The smallest absolute Gasteiger partial charge is 0.150 e. The Morgan fingerprint density at radius 1 is 1.11 bits per heavy atom. The Balaban J connectivity index is 2.13. The molecule has 0 heterocycles. The van der Waals surface area contributed by atoms with Crippen molar-refractivity contribution in [2.75, 3.05) is 11.5 Å². The van der Waals surface area contributed by atoms with Crippen LogP contribution in [0, 0.1) is 0 Å². The number of hydrogen-bond acceptors (Lipinski definition) is 3. The second kappa shape index (κ2) is 8.33. The van der Waals surface area contributed by atoms with Crippen molar-refractivity contribution in [1.82, 2.24) is 0 Å². The minimum absolute atomic E-state index is 0.121. The topological polar surface area (TPSA) is 60.2 Å². The third kappa shape index (κ3) is 7.33. The van der Waals surface area contributed by atoms with Crippen molar-refractivity contribution in [3.63, 3.8) is 0 Å². The molecule has 108 valence electrons. The fraction of sp³-hybridized carbons (Fsp3) is 0.600. The van der Waals surface area contributed by atoms with Crippen molar-refractivity contribution < 1.29 is 8.42 Å². The highest BCUT2D eigenvalue weighted by atomic mass is 32.2. The molecular weight excluding hydrogens is 258 g/mol. The van der Waals surface area contributed by atoms with Crippen molar-refractivity contribution in [3.05, 3.63) is 35.9 Å². The van der Waals surface area contributed by atoms with E-state index in [9.17, 15) is 8.42 Å². The predicted molar refractivity (Wildman–Crippen MR) is 80.9 cm³/mol. The Morgan fingerprint density at radius 2 is 1.74 bits per heavy atom. The van der Waals surface area contributed by atoms with E-state index in [1.165, 1.54) is 5.56 Å². The molecule has 0 aliphatic rings. The second-order valence-corrected chi connectivity index (χ2v) is 7.49. The fourth-order valence-electron chi connectivity index (χ4n) is 2.07. The van der Waals surface area contributed by atoms with E-state index in [4.69, 9.17) is 5.73 Å². The van der Waals surface area contributed by atoms with Gasteiger partial charge < -0.3 is 5.73 Å². The molecule has 1 aromatic carbocycles. The van der Waals surface area contributed by atoms with Gasteiger partial charge in [-0.2, -0.15) is 0 Å². The van der Waals surface area contributed by atoms with Crippen molar-refractivity contribution in [1.29, 1.82) is 0 Å². The molecule has 2 N–H and O–H groups in total. The summed E-state index contributed by atoms with van der Waals surface area (Å²) in [6.45, 7) is 1.69. The molecule has 0 spiro atoms. The van der Waals surface area contributed by atoms with E-state index in [1.54, 1.807) is 6.92 Å². The van der Waals surface area contributed by atoms with E-state index >= 15 is 0 Å². The van der Waals surface area contributed by atoms with Gasteiger partial charge in [0.1, 0.15) is 9.84 Å². The van der Waals surface area contributed by atoms with Crippen molar-refractivity contribution in [3.8, 4) is 0 Å². The fourth-order valence-corrected chi connectivity index (χ4v) is 2.96. The molecule has 0 aromatic heterocycles. The summed E-state index contributed by atoms with van der Waals surface area (Å²) in [5, 5.41) is 0. The molecule has 0 aliphatic heterocycles. The first-order valence-corrected chi connectivity index (χ1v) is 8.85. The number of sulfone groups is 1. The quantitative estimate of drug-likeness (QED) is 0.757. The third-order valence-corrected chi connectivity index (χ3v) is 5.14. The molecule has 0 amide bonds. The summed E-state index contributed by atoms with van der Waals surface area (Å²) in [7, 11) is -2.83. The zero-order valence-corrected chi connectivity index (χ0v) is 12.5. The van der Waals surface area contributed by atoms with Gasteiger partial charge in [-0.15, -0.1) is 0 Å². The number of hydrogen-bond donors (Lipinski definition) is 1. The first-order chi connectivity index (χ1) is 9.03. The normalized spacial score (nSPS) is 13.4. The lowest BCUT2D eigenvalue weighted by Crippen LogP contribution is -2.21. The molecule has 1 atom stereocenters. The summed E-state index contributed by atoms with van der Waals surface area (Å²) in [5.41, 5.74) is 7.35. The largest absolute Gasteiger partial charge is 0.328 e. The summed E-state index contributed by atoms with van der Waals surface area (Å²) in [4.78, 5) is 0. The van der Waals surface area contributed by atoms with Crippen LogP contribution in [-0.2, 0) is 16.3 Å². The summed E-state index contributed by atoms with van der Waals surface area (Å²) in [6, 6.07) is 10.5. The average molecular weight is 283 g/mol. The van der Waals surface area contributed by atoms with E-state index in [1.807, 2.05) is 18.2 Å². The predicted octanol–water partition coefficient (Wildman–Crippen LogP) is 2.55. The molecule has 19 heavy (non-hydrogen) atoms. The molecule has 0 aliphatic carbocycles. The van der Waals surface area contributed by atoms with Gasteiger partial charge in [0.05, 0.1) is 5.75 Å². The Kier molecular flexibility index (Phi) is 7.10. The van der Waals surface area contributed by atoms with Crippen LogP contribution in [0.4, 0.5) is 0 Å². The average Bonchev–Trinajstić information content (AvgIpc) is 2.40. The number of rotatable bonds is 9. The second-order valence-electron chi connectivity index (χ2n) is 5.02. The van der Waals surface area contributed by atoms with E-state index in [0.717, 1.165) is 25.7 Å². The van der Waals surface area contributed by atoms with Gasteiger partial charge in [0.15, 0.2) is 0 Å². The van der Waals surface area contributed by atoms with Gasteiger partial charge in [-0.25, -0.2) is 8.42 Å². The summed E-state index contributed by atoms with van der Waals surface area (Å²) in [6.07, 6.45) is 4.55. The Bertz CT molecular complexity index is 442. The van der Waals surface area contributed by atoms with E-state index in [0.29, 0.717) is 6.42 Å². The summed E-state index contributed by atoms with van der Waals surface area (Å²) >= 11 is 0. The molecule has 4 heteroatoms. The minimum atomic E-state index is -2.83. The third-order valence-electron chi connectivity index (χ3n) is 3.35. The molecule has 1 rings (SSSR count). The Morgan fingerprint density at radius 3 is 2.37 bits per heavy atom. The van der Waals surface area contributed by atoms with Crippen LogP contribution in [-0.4, -0.2) is 26.0 Å². The number of aryl methyl sites for hydroxylation is 1. The molecule has 0 fully saturated rings. The van der Waals surface area contributed by atoms with Crippen LogP contribution in [0.5, 0.6) is 0 Å². The molecule has 3 nitrogen and oxygen atoms in total. The maximum absolute atomic E-state index is 11.3. The zero-order chi connectivity index (χ0) is 14.1. The van der Waals surface area contributed by atoms with Crippen LogP contribution in [0.25, 0.3) is 0 Å². The maximum atomic E-state index is 11.3. The van der Waals surface area contributed by atoms with Crippen molar-refractivity contribution in [2.45, 2.75) is 45.1 Å². The lowest BCUT2D eigenvalue weighted by atomic mass is 10.0.